The van der Waals surface area contributed by atoms with Crippen LogP contribution in [0.2, 0.25) is 0 Å². The summed E-state index contributed by atoms with van der Waals surface area (Å²) in [6.45, 7) is 3.53. The van der Waals surface area contributed by atoms with Gasteiger partial charge in [-0.1, -0.05) is 30.3 Å². The largest absolute Gasteiger partial charge is 0.483 e. The van der Waals surface area contributed by atoms with E-state index in [0.717, 1.165) is 5.56 Å². The Morgan fingerprint density at radius 3 is 2.59 bits per heavy atom. The molecular formula is C27H22N4O3. The minimum Gasteiger partial charge on any atom is -0.483 e. The molecular weight excluding hydrogens is 428 g/mol. The van der Waals surface area contributed by atoms with Crippen molar-refractivity contribution >= 4 is 35.0 Å². The highest BCUT2D eigenvalue weighted by Gasteiger charge is 2.29. The van der Waals surface area contributed by atoms with E-state index in [2.05, 4.69) is 16.5 Å². The predicted octanol–water partition coefficient (Wildman–Crippen LogP) is 4.69. The Balaban J connectivity index is 1.49. The Kier molecular flexibility index (Phi) is 6.51. The van der Waals surface area contributed by atoms with Crippen molar-refractivity contribution in [2.45, 2.75) is 13.8 Å². The zero-order valence-corrected chi connectivity index (χ0v) is 18.8. The Morgan fingerprint density at radius 2 is 1.85 bits per heavy atom. The lowest BCUT2D eigenvalue weighted by Crippen LogP contribution is -2.21. The van der Waals surface area contributed by atoms with Gasteiger partial charge in [-0.2, -0.15) is 15.4 Å². The number of hydrazone groups is 1. The number of nitrogens with zero attached hydrogens (tertiary/aromatic N) is 3. The molecule has 1 aliphatic heterocycles. The number of hydrogen-bond donors (Lipinski definition) is 1. The minimum absolute atomic E-state index is 0.174. The van der Waals surface area contributed by atoms with Crippen LogP contribution in [0.15, 0.2) is 83.5 Å². The molecule has 0 unspecified atom stereocenters. The molecule has 3 aromatic carbocycles. The van der Waals surface area contributed by atoms with Crippen LogP contribution in [0.3, 0.4) is 0 Å². The summed E-state index contributed by atoms with van der Waals surface area (Å²) in [5.74, 6) is -0.0873. The van der Waals surface area contributed by atoms with Crippen molar-refractivity contribution in [2.24, 2.45) is 5.10 Å². The molecule has 4 rings (SSSR count). The first-order valence-electron chi connectivity index (χ1n) is 10.6. The second-order valence-corrected chi connectivity index (χ2v) is 7.76. The van der Waals surface area contributed by atoms with Gasteiger partial charge in [0.05, 0.1) is 28.6 Å². The van der Waals surface area contributed by atoms with E-state index in [4.69, 9.17) is 10.00 Å². The van der Waals surface area contributed by atoms with Gasteiger partial charge in [0.25, 0.3) is 11.8 Å². The Hall–Kier alpha value is -4.70. The second-order valence-electron chi connectivity index (χ2n) is 7.76. The number of hydrogen-bond acceptors (Lipinski definition) is 5. The predicted molar refractivity (Wildman–Crippen MR) is 131 cm³/mol. The maximum Gasteiger partial charge on any atom is 0.280 e. The molecule has 168 valence electrons. The fourth-order valence-corrected chi connectivity index (χ4v) is 3.49. The van der Waals surface area contributed by atoms with E-state index in [9.17, 15) is 9.59 Å². The molecule has 0 aromatic heterocycles. The maximum atomic E-state index is 13.1. The van der Waals surface area contributed by atoms with Crippen molar-refractivity contribution in [3.8, 4) is 11.8 Å². The Morgan fingerprint density at radius 1 is 1.09 bits per heavy atom. The number of carbonyl (C=O) groups excluding carboxylic acids is 2. The molecule has 0 saturated heterocycles. The number of carbonyl (C=O) groups is 2. The van der Waals surface area contributed by atoms with Gasteiger partial charge in [0.15, 0.2) is 6.61 Å². The van der Waals surface area contributed by atoms with E-state index in [1.54, 1.807) is 49.4 Å². The number of rotatable bonds is 6. The van der Waals surface area contributed by atoms with Crippen LogP contribution in [0, 0.1) is 18.3 Å². The highest BCUT2D eigenvalue weighted by Crippen LogP contribution is 2.28. The van der Waals surface area contributed by atoms with Crippen LogP contribution >= 0.6 is 0 Å². The van der Waals surface area contributed by atoms with Gasteiger partial charge in [-0.3, -0.25) is 9.59 Å². The first kappa shape index (κ1) is 22.5. The van der Waals surface area contributed by atoms with Crippen LogP contribution < -0.4 is 15.1 Å². The third kappa shape index (κ3) is 5.03. The fraction of sp³-hybridized carbons (Fsp3) is 0.111. The molecule has 3 aromatic rings. The van der Waals surface area contributed by atoms with Gasteiger partial charge in [-0.25, -0.2) is 0 Å². The summed E-state index contributed by atoms with van der Waals surface area (Å²) >= 11 is 0. The number of nitrogens with one attached hydrogen (secondary N) is 1. The summed E-state index contributed by atoms with van der Waals surface area (Å²) in [4.78, 5) is 25.4. The molecule has 34 heavy (non-hydrogen) atoms. The Labute approximate surface area is 197 Å². The summed E-state index contributed by atoms with van der Waals surface area (Å²) in [5, 5.41) is 17.5. The molecule has 0 aliphatic carbocycles. The number of ether oxygens (including phenoxy) is 1. The number of nitriles is 1. The normalized spacial score (nSPS) is 14.0. The lowest BCUT2D eigenvalue weighted by Gasteiger charge is -2.12. The lowest BCUT2D eigenvalue weighted by atomic mass is 10.1. The van der Waals surface area contributed by atoms with Gasteiger partial charge in [0.2, 0.25) is 0 Å². The van der Waals surface area contributed by atoms with Crippen LogP contribution in [0.4, 0.5) is 11.4 Å². The van der Waals surface area contributed by atoms with Crippen molar-refractivity contribution in [3.63, 3.8) is 0 Å². The van der Waals surface area contributed by atoms with Crippen molar-refractivity contribution in [2.75, 3.05) is 16.9 Å². The molecule has 0 radical (unpaired) electrons. The van der Waals surface area contributed by atoms with E-state index in [0.29, 0.717) is 39.5 Å². The minimum atomic E-state index is -0.283. The molecule has 1 aliphatic rings. The lowest BCUT2D eigenvalue weighted by molar-refractivity contribution is -0.118. The highest BCUT2D eigenvalue weighted by molar-refractivity contribution is 6.32. The SMILES string of the molecule is CC1=NN(c2ccc(C#N)cc2)C(=O)C1=Cc1ccccc1OCC(=O)Nc1cccc(C)c1. The van der Waals surface area contributed by atoms with Crippen LogP contribution in [0.25, 0.3) is 6.08 Å². The van der Waals surface area contributed by atoms with Crippen LogP contribution in [-0.2, 0) is 9.59 Å². The van der Waals surface area contributed by atoms with Crippen molar-refractivity contribution in [1.82, 2.24) is 0 Å². The van der Waals surface area contributed by atoms with Crippen molar-refractivity contribution in [1.29, 1.82) is 5.26 Å². The number of para-hydroxylation sites is 1. The molecule has 1 N–H and O–H groups in total. The maximum absolute atomic E-state index is 13.1. The summed E-state index contributed by atoms with van der Waals surface area (Å²) in [6, 6.07) is 23.4. The molecule has 7 nitrogen and oxygen atoms in total. The molecule has 0 fully saturated rings. The average Bonchev–Trinajstić information content (AvgIpc) is 3.12. The zero-order valence-electron chi connectivity index (χ0n) is 18.8. The van der Waals surface area contributed by atoms with Gasteiger partial charge in [-0.05, 0) is 68.0 Å². The molecule has 0 atom stereocenters. The fourth-order valence-electron chi connectivity index (χ4n) is 3.49. The molecule has 0 bridgehead atoms. The zero-order chi connectivity index (χ0) is 24.1. The number of benzene rings is 3. The quantitative estimate of drug-likeness (QED) is 0.551. The summed E-state index contributed by atoms with van der Waals surface area (Å²) < 4.78 is 5.77. The van der Waals surface area contributed by atoms with Crippen LogP contribution in [0.1, 0.15) is 23.6 Å². The molecule has 0 saturated carbocycles. The van der Waals surface area contributed by atoms with Crippen molar-refractivity contribution in [3.05, 3.63) is 95.1 Å². The van der Waals surface area contributed by atoms with E-state index < -0.39 is 0 Å². The molecule has 7 heteroatoms. The topological polar surface area (TPSA) is 94.8 Å². The van der Waals surface area contributed by atoms with E-state index in [1.165, 1.54) is 5.01 Å². The summed E-state index contributed by atoms with van der Waals surface area (Å²) in [5.41, 5.74) is 4.46. The first-order valence-corrected chi connectivity index (χ1v) is 10.6. The standard InChI is InChI=1S/C27H22N4O3/c1-18-6-5-8-22(14-18)29-26(32)17-34-25-9-4-3-7-21(25)15-24-19(2)30-31(27(24)33)23-12-10-20(16-28)11-13-23/h3-15H,17H2,1-2H3,(H,29,32). The molecule has 1 heterocycles. The van der Waals surface area contributed by atoms with E-state index in [-0.39, 0.29) is 18.4 Å². The smallest absolute Gasteiger partial charge is 0.280 e. The summed E-state index contributed by atoms with van der Waals surface area (Å²) in [7, 11) is 0. The van der Waals surface area contributed by atoms with Crippen LogP contribution in [0.5, 0.6) is 5.75 Å². The monoisotopic (exact) mass is 450 g/mol. The first-order chi connectivity index (χ1) is 16.4. The van der Waals surface area contributed by atoms with E-state index in [1.807, 2.05) is 43.3 Å². The third-order valence-electron chi connectivity index (χ3n) is 5.18. The van der Waals surface area contributed by atoms with Gasteiger partial charge in [0.1, 0.15) is 5.75 Å². The number of amides is 2. The Bertz CT molecular complexity index is 1350. The third-order valence-corrected chi connectivity index (χ3v) is 5.18. The number of aryl methyl sites for hydroxylation is 1. The second kappa shape index (κ2) is 9.84. The molecule has 2 amide bonds. The van der Waals surface area contributed by atoms with Gasteiger partial charge >= 0.3 is 0 Å². The average molecular weight is 450 g/mol. The van der Waals surface area contributed by atoms with Gasteiger partial charge < -0.3 is 10.1 Å². The van der Waals surface area contributed by atoms with Gasteiger partial charge in [-0.15, -0.1) is 0 Å². The highest BCUT2D eigenvalue weighted by atomic mass is 16.5. The molecule has 0 spiro atoms. The summed E-state index contributed by atoms with van der Waals surface area (Å²) in [6.07, 6.45) is 1.71. The van der Waals surface area contributed by atoms with Crippen LogP contribution in [-0.4, -0.2) is 24.1 Å². The number of anilines is 2. The van der Waals surface area contributed by atoms with E-state index >= 15 is 0 Å². The van der Waals surface area contributed by atoms with Crippen molar-refractivity contribution < 1.29 is 14.3 Å². The van der Waals surface area contributed by atoms with Gasteiger partial charge in [0, 0.05) is 11.3 Å².